The summed E-state index contributed by atoms with van der Waals surface area (Å²) >= 11 is 0. The van der Waals surface area contributed by atoms with E-state index in [1.807, 2.05) is 13.8 Å². The van der Waals surface area contributed by atoms with Gasteiger partial charge in [-0.3, -0.25) is 9.48 Å². The number of nitrogens with zero attached hydrogens (tertiary/aromatic N) is 2. The van der Waals surface area contributed by atoms with Crippen LogP contribution in [-0.2, 0) is 0 Å². The van der Waals surface area contributed by atoms with Crippen LogP contribution in [-0.4, -0.2) is 22.7 Å². The topological polar surface area (TPSA) is 44.1 Å². The van der Waals surface area contributed by atoms with Crippen LogP contribution >= 0.6 is 0 Å². The van der Waals surface area contributed by atoms with E-state index in [9.17, 15) is 9.18 Å². The molecule has 2 aromatic rings. The predicted molar refractivity (Wildman–Crippen MR) is 73.7 cm³/mol. The molecule has 2 rings (SSSR count). The Bertz CT molecular complexity index is 647. The molecule has 0 saturated heterocycles. The second kappa shape index (κ2) is 5.45. The summed E-state index contributed by atoms with van der Waals surface area (Å²) in [6.07, 6.45) is 1.50. The van der Waals surface area contributed by atoms with Crippen LogP contribution in [0.3, 0.4) is 0 Å². The van der Waals surface area contributed by atoms with Gasteiger partial charge in [0.05, 0.1) is 13.3 Å². The first-order valence-corrected chi connectivity index (χ1v) is 6.38. The SMILES string of the molecule is COc1cnn(C(C)C)c1C(=O)c1ccc(C)c(F)c1. The minimum atomic E-state index is -0.398. The largest absolute Gasteiger partial charge is 0.493 e. The zero-order chi connectivity index (χ0) is 14.9. The van der Waals surface area contributed by atoms with Crippen LogP contribution in [0.25, 0.3) is 0 Å². The van der Waals surface area contributed by atoms with Gasteiger partial charge in [-0.05, 0) is 32.4 Å². The van der Waals surface area contributed by atoms with Crippen molar-refractivity contribution in [1.82, 2.24) is 9.78 Å². The fourth-order valence-electron chi connectivity index (χ4n) is 1.97. The third-order valence-corrected chi connectivity index (χ3v) is 3.12. The molecular weight excluding hydrogens is 259 g/mol. The first-order valence-electron chi connectivity index (χ1n) is 6.38. The van der Waals surface area contributed by atoms with E-state index in [0.29, 0.717) is 17.0 Å². The van der Waals surface area contributed by atoms with Crippen molar-refractivity contribution < 1.29 is 13.9 Å². The van der Waals surface area contributed by atoms with Crippen LogP contribution < -0.4 is 4.74 Å². The smallest absolute Gasteiger partial charge is 0.214 e. The minimum Gasteiger partial charge on any atom is -0.493 e. The zero-order valence-corrected chi connectivity index (χ0v) is 12.0. The summed E-state index contributed by atoms with van der Waals surface area (Å²) in [5.41, 5.74) is 1.13. The Morgan fingerprint density at radius 2 is 2.10 bits per heavy atom. The molecule has 1 heterocycles. The molecule has 0 aliphatic heterocycles. The van der Waals surface area contributed by atoms with E-state index in [-0.39, 0.29) is 17.4 Å². The van der Waals surface area contributed by atoms with Gasteiger partial charge >= 0.3 is 0 Å². The van der Waals surface area contributed by atoms with Crippen molar-refractivity contribution in [1.29, 1.82) is 0 Å². The summed E-state index contributed by atoms with van der Waals surface area (Å²) in [6.45, 7) is 5.49. The third-order valence-electron chi connectivity index (χ3n) is 3.12. The van der Waals surface area contributed by atoms with Gasteiger partial charge in [-0.2, -0.15) is 5.10 Å². The van der Waals surface area contributed by atoms with E-state index in [1.54, 1.807) is 23.7 Å². The lowest BCUT2D eigenvalue weighted by Gasteiger charge is -2.11. The average Bonchev–Trinajstić information content (AvgIpc) is 2.85. The molecule has 0 aliphatic carbocycles. The number of methoxy groups -OCH3 is 1. The van der Waals surface area contributed by atoms with Crippen molar-refractivity contribution in [3.63, 3.8) is 0 Å². The molecular formula is C15H17FN2O2. The number of rotatable bonds is 4. The number of hydrogen-bond acceptors (Lipinski definition) is 3. The molecule has 0 aliphatic rings. The molecule has 5 heteroatoms. The van der Waals surface area contributed by atoms with Crippen molar-refractivity contribution in [3.05, 3.63) is 47.0 Å². The van der Waals surface area contributed by atoms with Gasteiger partial charge in [-0.25, -0.2) is 4.39 Å². The minimum absolute atomic E-state index is 0.00754. The van der Waals surface area contributed by atoms with Gasteiger partial charge in [0.2, 0.25) is 5.78 Å². The molecule has 106 valence electrons. The predicted octanol–water partition coefficient (Wildman–Crippen LogP) is 3.15. The van der Waals surface area contributed by atoms with E-state index in [4.69, 9.17) is 4.74 Å². The monoisotopic (exact) mass is 276 g/mol. The van der Waals surface area contributed by atoms with Gasteiger partial charge in [0.1, 0.15) is 5.82 Å². The van der Waals surface area contributed by atoms with E-state index in [1.165, 1.54) is 19.4 Å². The Kier molecular flexibility index (Phi) is 3.88. The maximum Gasteiger partial charge on any atom is 0.214 e. The van der Waals surface area contributed by atoms with Crippen LogP contribution in [0.15, 0.2) is 24.4 Å². The van der Waals surface area contributed by atoms with Gasteiger partial charge in [0.25, 0.3) is 0 Å². The van der Waals surface area contributed by atoms with Gasteiger partial charge in [0.15, 0.2) is 11.4 Å². The molecule has 1 aromatic heterocycles. The number of carbonyl (C=O) groups is 1. The Labute approximate surface area is 117 Å². The number of benzene rings is 1. The number of aryl methyl sites for hydroxylation is 1. The molecule has 0 N–H and O–H groups in total. The van der Waals surface area contributed by atoms with Gasteiger partial charge in [-0.15, -0.1) is 0 Å². The van der Waals surface area contributed by atoms with E-state index < -0.39 is 5.82 Å². The molecule has 20 heavy (non-hydrogen) atoms. The van der Waals surface area contributed by atoms with Gasteiger partial charge in [0, 0.05) is 11.6 Å². The fraction of sp³-hybridized carbons (Fsp3) is 0.333. The maximum absolute atomic E-state index is 13.6. The third kappa shape index (κ3) is 2.43. The highest BCUT2D eigenvalue weighted by atomic mass is 19.1. The lowest BCUT2D eigenvalue weighted by molar-refractivity contribution is 0.102. The number of halogens is 1. The fourth-order valence-corrected chi connectivity index (χ4v) is 1.97. The average molecular weight is 276 g/mol. The van der Waals surface area contributed by atoms with Crippen molar-refractivity contribution in [2.24, 2.45) is 0 Å². The van der Waals surface area contributed by atoms with Gasteiger partial charge < -0.3 is 4.74 Å². The molecule has 1 aromatic carbocycles. The van der Waals surface area contributed by atoms with Crippen molar-refractivity contribution in [2.75, 3.05) is 7.11 Å². The highest BCUT2D eigenvalue weighted by molar-refractivity contribution is 6.09. The van der Waals surface area contributed by atoms with Crippen LogP contribution in [0.5, 0.6) is 5.75 Å². The quantitative estimate of drug-likeness (QED) is 0.806. The molecule has 0 unspecified atom stereocenters. The normalized spacial score (nSPS) is 10.9. The lowest BCUT2D eigenvalue weighted by atomic mass is 10.1. The van der Waals surface area contributed by atoms with Crippen molar-refractivity contribution in [2.45, 2.75) is 26.8 Å². The number of ether oxygens (including phenoxy) is 1. The Morgan fingerprint density at radius 3 is 2.65 bits per heavy atom. The molecule has 0 amide bonds. The Balaban J connectivity index is 2.52. The molecule has 0 radical (unpaired) electrons. The number of carbonyl (C=O) groups excluding carboxylic acids is 1. The Hall–Kier alpha value is -2.17. The summed E-state index contributed by atoms with van der Waals surface area (Å²) in [5.74, 6) is -0.304. The standard InChI is InChI=1S/C15H17FN2O2/c1-9(2)18-14(13(20-4)8-17-18)15(19)11-6-5-10(3)12(16)7-11/h5-9H,1-4H3. The molecule has 0 spiro atoms. The summed E-state index contributed by atoms with van der Waals surface area (Å²) in [4.78, 5) is 12.6. The highest BCUT2D eigenvalue weighted by Crippen LogP contribution is 2.24. The van der Waals surface area contributed by atoms with Crippen LogP contribution in [0.4, 0.5) is 4.39 Å². The lowest BCUT2D eigenvalue weighted by Crippen LogP contribution is -2.14. The van der Waals surface area contributed by atoms with Crippen molar-refractivity contribution in [3.8, 4) is 5.75 Å². The van der Waals surface area contributed by atoms with E-state index in [2.05, 4.69) is 5.10 Å². The molecule has 0 bridgehead atoms. The first kappa shape index (κ1) is 14.2. The van der Waals surface area contributed by atoms with Crippen LogP contribution in [0.2, 0.25) is 0 Å². The van der Waals surface area contributed by atoms with Crippen LogP contribution in [0.1, 0.15) is 41.5 Å². The van der Waals surface area contributed by atoms with E-state index in [0.717, 1.165) is 0 Å². The van der Waals surface area contributed by atoms with Gasteiger partial charge in [-0.1, -0.05) is 12.1 Å². The highest BCUT2D eigenvalue weighted by Gasteiger charge is 2.22. The van der Waals surface area contributed by atoms with E-state index >= 15 is 0 Å². The summed E-state index contributed by atoms with van der Waals surface area (Å²) in [7, 11) is 1.48. The summed E-state index contributed by atoms with van der Waals surface area (Å²) in [6, 6.07) is 4.45. The molecule has 0 atom stereocenters. The maximum atomic E-state index is 13.6. The molecule has 0 fully saturated rings. The van der Waals surface area contributed by atoms with Crippen LogP contribution in [0, 0.1) is 12.7 Å². The molecule has 0 saturated carbocycles. The molecule has 4 nitrogen and oxygen atoms in total. The second-order valence-electron chi connectivity index (χ2n) is 4.89. The Morgan fingerprint density at radius 1 is 1.40 bits per heavy atom. The zero-order valence-electron chi connectivity index (χ0n) is 12.0. The summed E-state index contributed by atoms with van der Waals surface area (Å²) in [5, 5.41) is 4.15. The second-order valence-corrected chi connectivity index (χ2v) is 4.89. The number of aromatic nitrogens is 2. The van der Waals surface area contributed by atoms with Crippen molar-refractivity contribution >= 4 is 5.78 Å². The summed E-state index contributed by atoms with van der Waals surface area (Å²) < 4.78 is 20.4. The number of hydrogen-bond donors (Lipinski definition) is 0. The first-order chi connectivity index (χ1) is 9.45. The number of ketones is 1.